The van der Waals surface area contributed by atoms with Crippen LogP contribution in [0, 0.1) is 16.7 Å². The van der Waals surface area contributed by atoms with Crippen molar-refractivity contribution in [3.63, 3.8) is 0 Å². The predicted octanol–water partition coefficient (Wildman–Crippen LogP) is 14.2. The Kier molecular flexibility index (Phi) is 20.5. The van der Waals surface area contributed by atoms with E-state index in [0.29, 0.717) is 25.6 Å². The van der Waals surface area contributed by atoms with E-state index in [4.69, 9.17) is 13.6 Å². The van der Waals surface area contributed by atoms with Crippen LogP contribution in [0.1, 0.15) is 128 Å². The molecule has 0 radical (unpaired) electrons. The van der Waals surface area contributed by atoms with Crippen LogP contribution in [0.15, 0.2) is 130 Å². The molecule has 0 fully saturated rings. The molecule has 1 N–H and O–H groups in total. The van der Waals surface area contributed by atoms with Crippen LogP contribution >= 0.6 is 7.82 Å². The molecule has 6 heteroatoms. The number of rotatable bonds is 20. The molecule has 3 atom stereocenters. The Bertz CT molecular complexity index is 1590. The lowest BCUT2D eigenvalue weighted by atomic mass is 9.67. The van der Waals surface area contributed by atoms with Gasteiger partial charge in [0.05, 0.1) is 25.4 Å². The molecule has 0 bridgehead atoms. The Labute approximate surface area is 330 Å². The normalized spacial score (nSPS) is 23.6. The van der Waals surface area contributed by atoms with E-state index < -0.39 is 7.82 Å². The zero-order chi connectivity index (χ0) is 40.4. The van der Waals surface area contributed by atoms with Gasteiger partial charge in [0.1, 0.15) is 0 Å². The molecule has 0 saturated heterocycles. The first-order chi connectivity index (χ1) is 25.4. The van der Waals surface area contributed by atoms with Crippen LogP contribution in [0.3, 0.4) is 0 Å². The van der Waals surface area contributed by atoms with E-state index in [1.54, 1.807) is 0 Å². The third-order valence-electron chi connectivity index (χ3n) is 10.1. The van der Waals surface area contributed by atoms with Crippen LogP contribution in [0.4, 0.5) is 0 Å². The molecular weight excluding hydrogens is 687 g/mol. The van der Waals surface area contributed by atoms with Crippen molar-refractivity contribution in [2.45, 2.75) is 140 Å². The predicted molar refractivity (Wildman–Crippen MR) is 232 cm³/mol. The zero-order valence-corrected chi connectivity index (χ0v) is 36.7. The molecule has 2 aliphatic carbocycles. The Morgan fingerprint density at radius 1 is 0.778 bits per heavy atom. The van der Waals surface area contributed by atoms with Gasteiger partial charge < -0.3 is 5.11 Å². The Hall–Kier alpha value is -2.79. The lowest BCUT2D eigenvalue weighted by Gasteiger charge is -2.38. The highest BCUT2D eigenvalue weighted by Crippen LogP contribution is 2.54. The average molecular weight is 761 g/mol. The van der Waals surface area contributed by atoms with Gasteiger partial charge in [-0.3, -0.25) is 13.6 Å². The lowest BCUT2D eigenvalue weighted by molar-refractivity contribution is 0.0561. The van der Waals surface area contributed by atoms with Gasteiger partial charge in [-0.1, -0.05) is 179 Å². The highest BCUT2D eigenvalue weighted by molar-refractivity contribution is 7.48. The van der Waals surface area contributed by atoms with Crippen LogP contribution in [0.2, 0.25) is 0 Å². The summed E-state index contributed by atoms with van der Waals surface area (Å²) in [5, 5.41) is 10.1. The van der Waals surface area contributed by atoms with Crippen molar-refractivity contribution in [3.8, 4) is 0 Å². The Balaban J connectivity index is 1.95. The maximum atomic E-state index is 13.5. The highest BCUT2D eigenvalue weighted by Gasteiger charge is 2.38. The molecule has 3 unspecified atom stereocenters. The fourth-order valence-electron chi connectivity index (χ4n) is 7.11. The van der Waals surface area contributed by atoms with Gasteiger partial charge in [0.15, 0.2) is 0 Å². The third kappa shape index (κ3) is 17.3. The fourth-order valence-corrected chi connectivity index (χ4v) is 8.52. The number of hydrogen-bond donors (Lipinski definition) is 1. The number of phosphoric acid groups is 1. The fraction of sp³-hybridized carbons (Fsp3) is 0.542. The van der Waals surface area contributed by atoms with Crippen molar-refractivity contribution in [2.24, 2.45) is 16.7 Å². The van der Waals surface area contributed by atoms with E-state index in [1.165, 1.54) is 33.4 Å². The van der Waals surface area contributed by atoms with Gasteiger partial charge in [0, 0.05) is 5.92 Å². The molecule has 0 spiro atoms. The molecule has 5 nitrogen and oxygen atoms in total. The van der Waals surface area contributed by atoms with E-state index in [9.17, 15) is 9.67 Å². The van der Waals surface area contributed by atoms with Crippen LogP contribution in [-0.2, 0) is 18.1 Å². The van der Waals surface area contributed by atoms with Gasteiger partial charge in [-0.05, 0) is 90.0 Å². The molecule has 300 valence electrons. The summed E-state index contributed by atoms with van der Waals surface area (Å²) in [5.41, 5.74) is 8.38. The summed E-state index contributed by atoms with van der Waals surface area (Å²) in [6, 6.07) is 0. The topological polar surface area (TPSA) is 65.0 Å². The van der Waals surface area contributed by atoms with E-state index in [2.05, 4.69) is 168 Å². The first-order valence-electron chi connectivity index (χ1n) is 20.1. The zero-order valence-electron chi connectivity index (χ0n) is 35.8. The summed E-state index contributed by atoms with van der Waals surface area (Å²) in [6.45, 7) is 26.5. The smallest absolute Gasteiger partial charge is 0.389 e. The standard InChI is InChI=1S/C48H73O5P/c1-13-15-31-51-54(50,52-32-16-14-2)53-44-34-42(8)46(48(11,12)36-44)30-28-40(6)26-20-24-38(4)22-18-17-21-37(3)23-19-25-39(5)27-29-45-41(7)33-43(49)35-47(45,9)10/h17-30,33,43-45,49H,13-16,31-32,34-36H2,1-12H3/b18-17+,23-19+,24-20+,29-27+,30-28+,37-21+,38-22+,39-25+,40-26+. The summed E-state index contributed by atoms with van der Waals surface area (Å²) in [5.74, 6) is 0.336. The van der Waals surface area contributed by atoms with Gasteiger partial charge in [-0.2, -0.15) is 0 Å². The molecule has 0 aromatic rings. The average Bonchev–Trinajstić information content (AvgIpc) is 3.05. The summed E-state index contributed by atoms with van der Waals surface area (Å²) in [6.07, 6.45) is 37.2. The summed E-state index contributed by atoms with van der Waals surface area (Å²) >= 11 is 0. The number of aliphatic hydroxyl groups excluding tert-OH is 1. The summed E-state index contributed by atoms with van der Waals surface area (Å²) in [7, 11) is -3.62. The number of unbranched alkanes of at least 4 members (excludes halogenated alkanes) is 2. The minimum absolute atomic E-state index is 0.0448. The second-order valence-corrected chi connectivity index (χ2v) is 18.2. The van der Waals surface area contributed by atoms with Gasteiger partial charge in [-0.15, -0.1) is 0 Å². The van der Waals surface area contributed by atoms with Crippen LogP contribution in [0.5, 0.6) is 0 Å². The molecule has 0 aliphatic heterocycles. The van der Waals surface area contributed by atoms with Gasteiger partial charge >= 0.3 is 7.82 Å². The minimum Gasteiger partial charge on any atom is -0.389 e. The van der Waals surface area contributed by atoms with Crippen molar-refractivity contribution in [3.05, 3.63) is 130 Å². The minimum atomic E-state index is -3.62. The van der Waals surface area contributed by atoms with Gasteiger partial charge in [0.25, 0.3) is 0 Å². The van der Waals surface area contributed by atoms with Crippen molar-refractivity contribution in [1.82, 2.24) is 0 Å². The molecule has 0 aromatic heterocycles. The number of aliphatic hydroxyl groups is 1. The molecule has 0 saturated carbocycles. The molecule has 2 aliphatic rings. The maximum absolute atomic E-state index is 13.5. The summed E-state index contributed by atoms with van der Waals surface area (Å²) < 4.78 is 31.1. The second-order valence-electron chi connectivity index (χ2n) is 16.6. The van der Waals surface area contributed by atoms with E-state index in [1.807, 2.05) is 6.08 Å². The SMILES string of the molecule is CCCCOP(=O)(OCCCC)OC1CC(C)=C(/C=C/C(C)=C/C=C/C(C)=C/C=C/C=C(C)/C=C/C=C(C)/C=C/C2C(C)=CC(O)CC2(C)C)C(C)(C)C1. The van der Waals surface area contributed by atoms with Gasteiger partial charge in [-0.25, -0.2) is 4.57 Å². The molecule has 54 heavy (non-hydrogen) atoms. The molecule has 2 rings (SSSR count). The van der Waals surface area contributed by atoms with E-state index in [0.717, 1.165) is 44.1 Å². The molecular formula is C48H73O5P. The van der Waals surface area contributed by atoms with E-state index >= 15 is 0 Å². The number of phosphoric ester groups is 1. The van der Waals surface area contributed by atoms with Gasteiger partial charge in [0.2, 0.25) is 0 Å². The second kappa shape index (κ2) is 23.3. The Morgan fingerprint density at radius 2 is 1.28 bits per heavy atom. The molecule has 0 heterocycles. The lowest BCUT2D eigenvalue weighted by Crippen LogP contribution is -2.32. The number of hydrogen-bond acceptors (Lipinski definition) is 5. The van der Waals surface area contributed by atoms with Crippen molar-refractivity contribution >= 4 is 7.82 Å². The largest absolute Gasteiger partial charge is 0.475 e. The maximum Gasteiger partial charge on any atom is 0.475 e. The Morgan fingerprint density at radius 3 is 1.78 bits per heavy atom. The third-order valence-corrected chi connectivity index (χ3v) is 11.6. The van der Waals surface area contributed by atoms with Crippen molar-refractivity contribution < 1.29 is 23.2 Å². The van der Waals surface area contributed by atoms with Crippen LogP contribution < -0.4 is 0 Å². The summed E-state index contributed by atoms with van der Waals surface area (Å²) in [4.78, 5) is 0. The quantitative estimate of drug-likeness (QED) is 0.0579. The molecule has 0 amide bonds. The highest BCUT2D eigenvalue weighted by atomic mass is 31.2. The van der Waals surface area contributed by atoms with Crippen LogP contribution in [-0.4, -0.2) is 30.5 Å². The van der Waals surface area contributed by atoms with Crippen molar-refractivity contribution in [1.29, 1.82) is 0 Å². The molecule has 0 aromatic carbocycles. The van der Waals surface area contributed by atoms with E-state index in [-0.39, 0.29) is 23.0 Å². The number of allylic oxidation sites excluding steroid dienone is 20. The monoisotopic (exact) mass is 761 g/mol. The van der Waals surface area contributed by atoms with Crippen LogP contribution in [0.25, 0.3) is 0 Å². The first kappa shape index (κ1) is 47.4. The first-order valence-corrected chi connectivity index (χ1v) is 21.6. The van der Waals surface area contributed by atoms with Crippen molar-refractivity contribution in [2.75, 3.05) is 13.2 Å².